The number of carbonyl (C=O) groups excluding carboxylic acids is 1. The molecule has 0 aliphatic carbocycles. The summed E-state index contributed by atoms with van der Waals surface area (Å²) >= 11 is 6.00. The van der Waals surface area contributed by atoms with Gasteiger partial charge in [-0.3, -0.25) is 9.69 Å². The SMILES string of the molecule is C=CN=C(/C(=C(\C)N)N(C)c1ccc(Cl)cc1)N(C=O)c1ccc(NC)cc1.CCCC. The van der Waals surface area contributed by atoms with Gasteiger partial charge >= 0.3 is 0 Å². The summed E-state index contributed by atoms with van der Waals surface area (Å²) in [5.74, 6) is 0.361. The van der Waals surface area contributed by atoms with Crippen molar-refractivity contribution >= 4 is 40.9 Å². The number of anilines is 3. The summed E-state index contributed by atoms with van der Waals surface area (Å²) in [6.45, 7) is 9.80. The number of halogens is 1. The van der Waals surface area contributed by atoms with Crippen LogP contribution in [-0.4, -0.2) is 26.3 Å². The van der Waals surface area contributed by atoms with Gasteiger partial charge in [0.25, 0.3) is 0 Å². The molecule has 6 nitrogen and oxygen atoms in total. The Kier molecular flexibility index (Phi) is 11.7. The maximum atomic E-state index is 12.0. The Morgan fingerprint density at radius 1 is 1.09 bits per heavy atom. The van der Waals surface area contributed by atoms with Crippen molar-refractivity contribution < 1.29 is 4.79 Å². The molecule has 0 atom stereocenters. The lowest BCUT2D eigenvalue weighted by Crippen LogP contribution is -2.38. The molecule has 0 spiro atoms. The quantitative estimate of drug-likeness (QED) is 0.290. The molecule has 0 saturated heterocycles. The zero-order chi connectivity index (χ0) is 24.1. The summed E-state index contributed by atoms with van der Waals surface area (Å²) in [6.07, 6.45) is 4.72. The number of hydrogen-bond acceptors (Lipinski definition) is 5. The fourth-order valence-electron chi connectivity index (χ4n) is 2.73. The number of amides is 1. The number of nitrogens with one attached hydrogen (secondary N) is 1. The highest BCUT2D eigenvalue weighted by molar-refractivity contribution is 6.30. The second-order valence-corrected chi connectivity index (χ2v) is 7.41. The average Bonchev–Trinajstić information content (AvgIpc) is 2.80. The van der Waals surface area contributed by atoms with Crippen LogP contribution in [0.3, 0.4) is 0 Å². The monoisotopic (exact) mass is 455 g/mol. The van der Waals surface area contributed by atoms with E-state index in [1.807, 2.05) is 55.4 Å². The minimum absolute atomic E-state index is 0.361. The first-order chi connectivity index (χ1) is 15.3. The van der Waals surface area contributed by atoms with Crippen LogP contribution in [0, 0.1) is 0 Å². The molecule has 1 amide bonds. The highest BCUT2D eigenvalue weighted by atomic mass is 35.5. The number of hydrogen-bond donors (Lipinski definition) is 2. The third-order valence-electron chi connectivity index (χ3n) is 4.62. The number of allylic oxidation sites excluding steroid dienone is 1. The van der Waals surface area contributed by atoms with Gasteiger partial charge in [-0.2, -0.15) is 0 Å². The van der Waals surface area contributed by atoms with Gasteiger partial charge in [0.2, 0.25) is 6.41 Å². The van der Waals surface area contributed by atoms with Crippen molar-refractivity contribution in [3.63, 3.8) is 0 Å². The molecule has 2 aromatic rings. The van der Waals surface area contributed by atoms with Crippen LogP contribution < -0.4 is 20.9 Å². The van der Waals surface area contributed by atoms with Crippen molar-refractivity contribution in [1.82, 2.24) is 0 Å². The molecule has 7 heteroatoms. The van der Waals surface area contributed by atoms with Crippen LogP contribution in [0.25, 0.3) is 0 Å². The maximum Gasteiger partial charge on any atom is 0.219 e. The molecule has 172 valence electrons. The van der Waals surface area contributed by atoms with E-state index in [4.69, 9.17) is 17.3 Å². The normalized spacial score (nSPS) is 11.5. The molecule has 0 fully saturated rings. The summed E-state index contributed by atoms with van der Waals surface area (Å²) in [6, 6.07) is 14.7. The third-order valence-corrected chi connectivity index (χ3v) is 4.87. The molecule has 32 heavy (non-hydrogen) atoms. The summed E-state index contributed by atoms with van der Waals surface area (Å²) in [7, 11) is 3.68. The molecule has 0 saturated carbocycles. The Hall–Kier alpha value is -3.25. The van der Waals surface area contributed by atoms with E-state index in [-0.39, 0.29) is 0 Å². The predicted molar refractivity (Wildman–Crippen MR) is 139 cm³/mol. The molecule has 0 bridgehead atoms. The molecule has 0 aliphatic heterocycles. The summed E-state index contributed by atoms with van der Waals surface area (Å²) in [5.41, 5.74) is 9.70. The van der Waals surface area contributed by atoms with Crippen molar-refractivity contribution in [3.05, 3.63) is 77.7 Å². The average molecular weight is 456 g/mol. The molecule has 2 aromatic carbocycles. The Bertz CT molecular complexity index is 914. The van der Waals surface area contributed by atoms with E-state index >= 15 is 0 Å². The van der Waals surface area contributed by atoms with Crippen LogP contribution in [0.5, 0.6) is 0 Å². The van der Waals surface area contributed by atoms with Crippen LogP contribution in [0.15, 0.2) is 77.7 Å². The van der Waals surface area contributed by atoms with Gasteiger partial charge < -0.3 is 16.0 Å². The van der Waals surface area contributed by atoms with Crippen molar-refractivity contribution in [2.75, 3.05) is 29.2 Å². The van der Waals surface area contributed by atoms with Crippen LogP contribution in [0.4, 0.5) is 17.1 Å². The molecular formula is C25H34ClN5O. The maximum absolute atomic E-state index is 12.0. The number of rotatable bonds is 8. The van der Waals surface area contributed by atoms with Crippen LogP contribution in [0.1, 0.15) is 33.6 Å². The van der Waals surface area contributed by atoms with Gasteiger partial charge in [0.15, 0.2) is 5.84 Å². The largest absolute Gasteiger partial charge is 0.400 e. The van der Waals surface area contributed by atoms with Crippen molar-refractivity contribution in [1.29, 1.82) is 0 Å². The highest BCUT2D eigenvalue weighted by Gasteiger charge is 2.23. The fourth-order valence-corrected chi connectivity index (χ4v) is 2.86. The second kappa shape index (κ2) is 13.9. The zero-order valence-electron chi connectivity index (χ0n) is 19.6. The number of likely N-dealkylation sites (N-methyl/N-ethyl adjacent to an activating group) is 1. The standard InChI is InChI=1S/C21H24ClN5O.C4H10/c1-5-25-21(27(14-28)19-12-8-17(24-3)9-13-19)20(15(2)23)26(4)18-10-6-16(22)7-11-18;1-3-4-2/h5-14,24H,1,23H2,2-4H3;3-4H2,1-2H3/b20-15-,25-21?;. The minimum Gasteiger partial charge on any atom is -0.400 e. The van der Waals surface area contributed by atoms with Gasteiger partial charge in [-0.05, 0) is 55.5 Å². The van der Waals surface area contributed by atoms with Crippen molar-refractivity contribution in [3.8, 4) is 0 Å². The van der Waals surface area contributed by atoms with E-state index < -0.39 is 0 Å². The molecule has 2 rings (SSSR count). The molecule has 0 heterocycles. The smallest absolute Gasteiger partial charge is 0.219 e. The van der Waals surface area contributed by atoms with Crippen LogP contribution >= 0.6 is 11.6 Å². The van der Waals surface area contributed by atoms with Crippen molar-refractivity contribution in [2.24, 2.45) is 10.7 Å². The zero-order valence-corrected chi connectivity index (χ0v) is 20.4. The molecule has 0 aromatic heterocycles. The fraction of sp³-hybridized carbons (Fsp3) is 0.280. The summed E-state index contributed by atoms with van der Waals surface area (Å²) in [4.78, 5) is 19.6. The molecular weight excluding hydrogens is 422 g/mol. The Morgan fingerprint density at radius 2 is 1.62 bits per heavy atom. The first kappa shape index (κ1) is 26.8. The van der Waals surface area contributed by atoms with Crippen LogP contribution in [0.2, 0.25) is 5.02 Å². The van der Waals surface area contributed by atoms with E-state index in [0.29, 0.717) is 34.3 Å². The summed E-state index contributed by atoms with van der Waals surface area (Å²) in [5, 5.41) is 3.68. The van der Waals surface area contributed by atoms with Crippen LogP contribution in [-0.2, 0) is 4.79 Å². The number of benzene rings is 2. The lowest BCUT2D eigenvalue weighted by molar-refractivity contribution is -0.106. The number of nitrogens with zero attached hydrogens (tertiary/aromatic N) is 3. The molecule has 0 aliphatic rings. The van der Waals surface area contributed by atoms with Gasteiger partial charge in [-0.25, -0.2) is 4.99 Å². The predicted octanol–water partition coefficient (Wildman–Crippen LogP) is 6.02. The van der Waals surface area contributed by atoms with Gasteiger partial charge in [0, 0.05) is 42.4 Å². The minimum atomic E-state index is 0.361. The van der Waals surface area contributed by atoms with E-state index in [1.54, 1.807) is 19.1 Å². The number of aliphatic imine (C=N–C) groups is 1. The Labute approximate surface area is 197 Å². The number of amidine groups is 1. The van der Waals surface area contributed by atoms with Gasteiger partial charge in [-0.15, -0.1) is 0 Å². The van der Waals surface area contributed by atoms with Gasteiger partial charge in [0.1, 0.15) is 5.70 Å². The molecule has 0 radical (unpaired) electrons. The third kappa shape index (κ3) is 7.46. The second-order valence-electron chi connectivity index (χ2n) is 6.97. The molecule has 3 N–H and O–H groups in total. The first-order valence-corrected chi connectivity index (χ1v) is 10.9. The van der Waals surface area contributed by atoms with Gasteiger partial charge in [0.05, 0.1) is 5.69 Å². The first-order valence-electron chi connectivity index (χ1n) is 10.5. The number of carbonyl (C=O) groups is 1. The van der Waals surface area contributed by atoms with Crippen molar-refractivity contribution in [2.45, 2.75) is 33.6 Å². The van der Waals surface area contributed by atoms with Gasteiger partial charge in [-0.1, -0.05) is 44.9 Å². The van der Waals surface area contributed by atoms with E-state index in [1.165, 1.54) is 23.9 Å². The lowest BCUT2D eigenvalue weighted by Gasteiger charge is -2.29. The lowest BCUT2D eigenvalue weighted by atomic mass is 10.2. The summed E-state index contributed by atoms with van der Waals surface area (Å²) < 4.78 is 0. The van der Waals surface area contributed by atoms with E-state index in [0.717, 1.165) is 11.4 Å². The van der Waals surface area contributed by atoms with E-state index in [2.05, 4.69) is 30.7 Å². The topological polar surface area (TPSA) is 74.0 Å². The number of unbranched alkanes of at least 4 members (excludes halogenated alkanes) is 1. The van der Waals surface area contributed by atoms with E-state index in [9.17, 15) is 4.79 Å². The Morgan fingerprint density at radius 3 is 2.03 bits per heavy atom. The number of nitrogens with two attached hydrogens (primary N) is 1. The Balaban J connectivity index is 0.00000118. The highest BCUT2D eigenvalue weighted by Crippen LogP contribution is 2.25. The molecule has 0 unspecified atom stereocenters.